The molecule has 0 saturated carbocycles. The van der Waals surface area contributed by atoms with E-state index in [2.05, 4.69) is 11.4 Å². The molecule has 96 valence electrons. The standard InChI is InChI=1S/C16H16N2O/c1-12(15-4-2-3-5-16(15)19)18-11-14-8-6-13(10-17)7-9-14/h2-9,12,18-19H,11H2,1H3. The van der Waals surface area contributed by atoms with Gasteiger partial charge in [0.25, 0.3) is 0 Å². The van der Waals surface area contributed by atoms with Crippen molar-refractivity contribution in [1.29, 1.82) is 5.26 Å². The van der Waals surface area contributed by atoms with Crippen LogP contribution < -0.4 is 5.32 Å². The van der Waals surface area contributed by atoms with Crippen molar-refractivity contribution >= 4 is 0 Å². The lowest BCUT2D eigenvalue weighted by Crippen LogP contribution is -2.18. The van der Waals surface area contributed by atoms with Crippen molar-refractivity contribution < 1.29 is 5.11 Å². The third kappa shape index (κ3) is 3.34. The first-order valence-corrected chi connectivity index (χ1v) is 6.21. The lowest BCUT2D eigenvalue weighted by Gasteiger charge is -2.15. The van der Waals surface area contributed by atoms with Crippen molar-refractivity contribution in [2.75, 3.05) is 0 Å². The summed E-state index contributed by atoms with van der Waals surface area (Å²) in [6.07, 6.45) is 0. The maximum Gasteiger partial charge on any atom is 0.120 e. The molecule has 0 aliphatic rings. The molecule has 0 heterocycles. The summed E-state index contributed by atoms with van der Waals surface area (Å²) in [4.78, 5) is 0. The van der Waals surface area contributed by atoms with Gasteiger partial charge in [0, 0.05) is 18.2 Å². The van der Waals surface area contributed by atoms with E-state index >= 15 is 0 Å². The van der Waals surface area contributed by atoms with Crippen LogP contribution >= 0.6 is 0 Å². The second kappa shape index (κ2) is 6.03. The molecular formula is C16H16N2O. The largest absolute Gasteiger partial charge is 0.508 e. The molecular weight excluding hydrogens is 236 g/mol. The smallest absolute Gasteiger partial charge is 0.120 e. The molecule has 0 fully saturated rings. The van der Waals surface area contributed by atoms with Crippen LogP contribution in [0.1, 0.15) is 29.7 Å². The number of phenols is 1. The van der Waals surface area contributed by atoms with Crippen LogP contribution in [-0.4, -0.2) is 5.11 Å². The predicted octanol–water partition coefficient (Wildman–Crippen LogP) is 3.11. The summed E-state index contributed by atoms with van der Waals surface area (Å²) in [6.45, 7) is 2.71. The fraction of sp³-hybridized carbons (Fsp3) is 0.188. The van der Waals surface area contributed by atoms with Gasteiger partial charge in [-0.1, -0.05) is 30.3 Å². The Balaban J connectivity index is 1.98. The van der Waals surface area contributed by atoms with Crippen LogP contribution in [0.15, 0.2) is 48.5 Å². The molecule has 2 aromatic rings. The number of rotatable bonds is 4. The van der Waals surface area contributed by atoms with Crippen LogP contribution in [0.5, 0.6) is 5.75 Å². The monoisotopic (exact) mass is 252 g/mol. The summed E-state index contributed by atoms with van der Waals surface area (Å²) in [6, 6.07) is 17.0. The molecule has 1 atom stereocenters. The molecule has 2 aromatic carbocycles. The molecule has 0 aromatic heterocycles. The van der Waals surface area contributed by atoms with Crippen LogP contribution in [0.2, 0.25) is 0 Å². The molecule has 3 nitrogen and oxygen atoms in total. The average molecular weight is 252 g/mol. The zero-order valence-electron chi connectivity index (χ0n) is 10.8. The average Bonchev–Trinajstić information content (AvgIpc) is 2.46. The van der Waals surface area contributed by atoms with Gasteiger partial charge in [-0.15, -0.1) is 0 Å². The zero-order valence-corrected chi connectivity index (χ0v) is 10.8. The van der Waals surface area contributed by atoms with E-state index in [1.807, 2.05) is 49.4 Å². The quantitative estimate of drug-likeness (QED) is 0.879. The van der Waals surface area contributed by atoms with Crippen LogP contribution in [0.4, 0.5) is 0 Å². The van der Waals surface area contributed by atoms with Crippen molar-refractivity contribution in [2.45, 2.75) is 19.5 Å². The predicted molar refractivity (Wildman–Crippen MR) is 74.5 cm³/mol. The number of nitrogens with zero attached hydrogens (tertiary/aromatic N) is 1. The summed E-state index contributed by atoms with van der Waals surface area (Å²) < 4.78 is 0. The van der Waals surface area contributed by atoms with Crippen molar-refractivity contribution in [2.24, 2.45) is 0 Å². The third-order valence-corrected chi connectivity index (χ3v) is 3.10. The van der Waals surface area contributed by atoms with Gasteiger partial charge in [0.15, 0.2) is 0 Å². The maximum absolute atomic E-state index is 9.77. The number of aromatic hydroxyl groups is 1. The molecule has 0 radical (unpaired) electrons. The number of hydrogen-bond acceptors (Lipinski definition) is 3. The summed E-state index contributed by atoms with van der Waals surface area (Å²) >= 11 is 0. The second-order valence-electron chi connectivity index (χ2n) is 4.47. The maximum atomic E-state index is 9.77. The minimum absolute atomic E-state index is 0.0665. The summed E-state index contributed by atoms with van der Waals surface area (Å²) in [7, 11) is 0. The van der Waals surface area contributed by atoms with Gasteiger partial charge in [-0.05, 0) is 30.7 Å². The molecule has 0 aliphatic carbocycles. The molecule has 0 spiro atoms. The highest BCUT2D eigenvalue weighted by molar-refractivity contribution is 5.34. The summed E-state index contributed by atoms with van der Waals surface area (Å²) in [5.74, 6) is 0.308. The Morgan fingerprint density at radius 1 is 1.16 bits per heavy atom. The minimum atomic E-state index is 0.0665. The van der Waals surface area contributed by atoms with Crippen molar-refractivity contribution in [3.8, 4) is 11.8 Å². The van der Waals surface area contributed by atoms with Crippen molar-refractivity contribution in [3.63, 3.8) is 0 Å². The fourth-order valence-electron chi connectivity index (χ4n) is 1.93. The Morgan fingerprint density at radius 2 is 1.84 bits per heavy atom. The van der Waals surface area contributed by atoms with Gasteiger partial charge < -0.3 is 10.4 Å². The summed E-state index contributed by atoms with van der Waals surface area (Å²) in [5, 5.41) is 21.9. The molecule has 0 amide bonds. The molecule has 3 heteroatoms. The van der Waals surface area contributed by atoms with E-state index in [4.69, 9.17) is 5.26 Å². The first-order chi connectivity index (χ1) is 9.20. The second-order valence-corrected chi connectivity index (χ2v) is 4.47. The van der Waals surface area contributed by atoms with E-state index in [-0.39, 0.29) is 6.04 Å². The van der Waals surface area contributed by atoms with E-state index < -0.39 is 0 Å². The van der Waals surface area contributed by atoms with E-state index in [0.717, 1.165) is 11.1 Å². The number of nitrogens with one attached hydrogen (secondary N) is 1. The Morgan fingerprint density at radius 3 is 2.47 bits per heavy atom. The van der Waals surface area contributed by atoms with Crippen molar-refractivity contribution in [1.82, 2.24) is 5.32 Å². The molecule has 0 aliphatic heterocycles. The molecule has 2 N–H and O–H groups in total. The van der Waals surface area contributed by atoms with Gasteiger partial charge in [0.05, 0.1) is 11.6 Å². The molecule has 19 heavy (non-hydrogen) atoms. The van der Waals surface area contributed by atoms with Crippen molar-refractivity contribution in [3.05, 3.63) is 65.2 Å². The zero-order chi connectivity index (χ0) is 13.7. The van der Waals surface area contributed by atoms with E-state index in [1.165, 1.54) is 0 Å². The highest BCUT2D eigenvalue weighted by Crippen LogP contribution is 2.23. The third-order valence-electron chi connectivity index (χ3n) is 3.10. The van der Waals surface area contributed by atoms with E-state index in [0.29, 0.717) is 17.9 Å². The number of para-hydroxylation sites is 1. The highest BCUT2D eigenvalue weighted by Gasteiger charge is 2.08. The number of benzene rings is 2. The van der Waals surface area contributed by atoms with Gasteiger partial charge in [-0.3, -0.25) is 0 Å². The first kappa shape index (κ1) is 13.1. The highest BCUT2D eigenvalue weighted by atomic mass is 16.3. The molecule has 0 saturated heterocycles. The lowest BCUT2D eigenvalue weighted by molar-refractivity contribution is 0.452. The lowest BCUT2D eigenvalue weighted by atomic mass is 10.1. The molecule has 2 rings (SSSR count). The first-order valence-electron chi connectivity index (χ1n) is 6.21. The molecule has 0 bridgehead atoms. The Kier molecular flexibility index (Phi) is 4.17. The van der Waals surface area contributed by atoms with Gasteiger partial charge in [-0.2, -0.15) is 5.26 Å². The van der Waals surface area contributed by atoms with Gasteiger partial charge >= 0.3 is 0 Å². The Hall–Kier alpha value is -2.31. The van der Waals surface area contributed by atoms with Gasteiger partial charge in [0.1, 0.15) is 5.75 Å². The van der Waals surface area contributed by atoms with Crippen LogP contribution in [0.3, 0.4) is 0 Å². The number of hydrogen-bond donors (Lipinski definition) is 2. The van der Waals surface area contributed by atoms with Gasteiger partial charge in [-0.25, -0.2) is 0 Å². The SMILES string of the molecule is CC(NCc1ccc(C#N)cc1)c1ccccc1O. The Labute approximate surface area is 113 Å². The minimum Gasteiger partial charge on any atom is -0.508 e. The number of phenolic OH excluding ortho intramolecular Hbond substituents is 1. The van der Waals surface area contributed by atoms with Crippen LogP contribution in [0.25, 0.3) is 0 Å². The molecule has 1 unspecified atom stereocenters. The fourth-order valence-corrected chi connectivity index (χ4v) is 1.93. The summed E-state index contributed by atoms with van der Waals surface area (Å²) in [5.41, 5.74) is 2.66. The van der Waals surface area contributed by atoms with Crippen LogP contribution in [0, 0.1) is 11.3 Å². The van der Waals surface area contributed by atoms with E-state index in [1.54, 1.807) is 6.07 Å². The topological polar surface area (TPSA) is 56.0 Å². The van der Waals surface area contributed by atoms with E-state index in [9.17, 15) is 5.11 Å². The van der Waals surface area contributed by atoms with Crippen LogP contribution in [-0.2, 0) is 6.54 Å². The normalized spacial score (nSPS) is 11.8. The Bertz CT molecular complexity index is 584. The number of nitriles is 1. The van der Waals surface area contributed by atoms with Gasteiger partial charge in [0.2, 0.25) is 0 Å².